The van der Waals surface area contributed by atoms with Gasteiger partial charge in [-0.1, -0.05) is 0 Å². The van der Waals surface area contributed by atoms with Crippen LogP contribution in [0.4, 0.5) is 0 Å². The number of likely N-dealkylation sites (N-methyl/N-ethyl adjacent to an activating group) is 1. The molecule has 1 rings (SSSR count). The first kappa shape index (κ1) is 14.1. The van der Waals surface area contributed by atoms with Gasteiger partial charge < -0.3 is 4.74 Å². The molecule has 98 valence electrons. The molecule has 0 amide bonds. The Morgan fingerprint density at radius 2 is 2.06 bits per heavy atom. The van der Waals surface area contributed by atoms with Gasteiger partial charge in [-0.25, -0.2) is 8.42 Å². The Balaban J connectivity index is 3.12. The Bertz CT molecular complexity index is 461. The van der Waals surface area contributed by atoms with Crippen molar-refractivity contribution in [3.63, 3.8) is 0 Å². The standard InChI is InChI=1S/C10H19N3O3S/c1-7(6-16-5)13(4)17(14,15)10-8(2)11-12-9(10)3/h7H,6H2,1-5H3,(H,11,12). The van der Waals surface area contributed by atoms with Crippen molar-refractivity contribution < 1.29 is 13.2 Å². The second-order valence-electron chi connectivity index (χ2n) is 4.09. The molecule has 1 heterocycles. The summed E-state index contributed by atoms with van der Waals surface area (Å²) in [5, 5.41) is 6.59. The van der Waals surface area contributed by atoms with Crippen LogP contribution in [0.25, 0.3) is 0 Å². The molecule has 17 heavy (non-hydrogen) atoms. The van der Waals surface area contributed by atoms with Crippen LogP contribution in [-0.2, 0) is 14.8 Å². The first-order valence-corrected chi connectivity index (χ1v) is 6.75. The number of ether oxygens (including phenoxy) is 1. The number of nitrogens with zero attached hydrogens (tertiary/aromatic N) is 2. The summed E-state index contributed by atoms with van der Waals surface area (Å²) in [4.78, 5) is 0.253. The number of rotatable bonds is 5. The number of aromatic nitrogens is 2. The van der Waals surface area contributed by atoms with E-state index in [1.54, 1.807) is 34.9 Å². The van der Waals surface area contributed by atoms with Crippen LogP contribution < -0.4 is 0 Å². The van der Waals surface area contributed by atoms with Gasteiger partial charge in [-0.3, -0.25) is 5.10 Å². The topological polar surface area (TPSA) is 75.3 Å². The molecular weight excluding hydrogens is 242 g/mol. The first-order chi connectivity index (χ1) is 7.82. The van der Waals surface area contributed by atoms with Gasteiger partial charge in [0.15, 0.2) is 0 Å². The lowest BCUT2D eigenvalue weighted by Crippen LogP contribution is -2.38. The molecule has 1 unspecified atom stereocenters. The highest BCUT2D eigenvalue weighted by molar-refractivity contribution is 7.89. The fourth-order valence-corrected chi connectivity index (χ4v) is 3.32. The summed E-state index contributed by atoms with van der Waals surface area (Å²) in [5.41, 5.74) is 1.04. The molecule has 0 aliphatic heterocycles. The van der Waals surface area contributed by atoms with Gasteiger partial charge in [0.25, 0.3) is 0 Å². The molecule has 0 saturated heterocycles. The number of nitrogens with one attached hydrogen (secondary N) is 1. The molecule has 7 heteroatoms. The zero-order valence-corrected chi connectivity index (χ0v) is 11.6. The summed E-state index contributed by atoms with van der Waals surface area (Å²) < 4.78 is 31.0. The third-order valence-corrected chi connectivity index (χ3v) is 4.96. The van der Waals surface area contributed by atoms with Crippen LogP contribution in [0.1, 0.15) is 18.3 Å². The maximum absolute atomic E-state index is 12.4. The summed E-state index contributed by atoms with van der Waals surface area (Å²) in [6, 6.07) is -0.223. The van der Waals surface area contributed by atoms with Gasteiger partial charge in [0.1, 0.15) is 4.90 Å². The second kappa shape index (κ2) is 5.16. The molecule has 1 aromatic rings. The molecule has 0 aliphatic carbocycles. The van der Waals surface area contributed by atoms with Crippen LogP contribution in [0.5, 0.6) is 0 Å². The number of hydrogen-bond donors (Lipinski definition) is 1. The quantitative estimate of drug-likeness (QED) is 0.846. The van der Waals surface area contributed by atoms with Crippen LogP contribution in [-0.4, -0.2) is 49.7 Å². The van der Waals surface area contributed by atoms with E-state index in [1.807, 2.05) is 0 Å². The van der Waals surface area contributed by atoms with Crippen molar-refractivity contribution in [3.05, 3.63) is 11.4 Å². The molecule has 1 aromatic heterocycles. The second-order valence-corrected chi connectivity index (χ2v) is 6.02. The van der Waals surface area contributed by atoms with Crippen molar-refractivity contribution in [2.45, 2.75) is 31.7 Å². The number of H-pyrrole nitrogens is 1. The summed E-state index contributed by atoms with van der Waals surface area (Å²) in [6.07, 6.45) is 0. The highest BCUT2D eigenvalue weighted by Crippen LogP contribution is 2.21. The Hall–Kier alpha value is -0.920. The van der Waals surface area contributed by atoms with E-state index in [4.69, 9.17) is 4.74 Å². The molecule has 0 aliphatic rings. The lowest BCUT2D eigenvalue weighted by Gasteiger charge is -2.23. The maximum Gasteiger partial charge on any atom is 0.246 e. The average Bonchev–Trinajstić information content (AvgIpc) is 2.58. The average molecular weight is 261 g/mol. The largest absolute Gasteiger partial charge is 0.383 e. The monoisotopic (exact) mass is 261 g/mol. The van der Waals surface area contributed by atoms with Gasteiger partial charge in [0.05, 0.1) is 18.0 Å². The summed E-state index contributed by atoms with van der Waals surface area (Å²) in [7, 11) is -0.425. The van der Waals surface area contributed by atoms with Crippen molar-refractivity contribution in [3.8, 4) is 0 Å². The van der Waals surface area contributed by atoms with Crippen LogP contribution in [0.3, 0.4) is 0 Å². The van der Waals surface area contributed by atoms with Crippen LogP contribution in [0.15, 0.2) is 4.90 Å². The lowest BCUT2D eigenvalue weighted by atomic mass is 10.4. The third kappa shape index (κ3) is 2.67. The highest BCUT2D eigenvalue weighted by Gasteiger charge is 2.29. The molecule has 0 spiro atoms. The fraction of sp³-hybridized carbons (Fsp3) is 0.700. The van der Waals surface area contributed by atoms with Crippen LogP contribution >= 0.6 is 0 Å². The predicted molar refractivity (Wildman–Crippen MR) is 64.3 cm³/mol. The highest BCUT2D eigenvalue weighted by atomic mass is 32.2. The first-order valence-electron chi connectivity index (χ1n) is 5.31. The van der Waals surface area contributed by atoms with E-state index in [2.05, 4.69) is 10.2 Å². The summed E-state index contributed by atoms with van der Waals surface area (Å²) in [5.74, 6) is 0. The molecular formula is C10H19N3O3S. The van der Waals surface area contributed by atoms with Gasteiger partial charge in [-0.2, -0.15) is 9.40 Å². The van der Waals surface area contributed by atoms with Crippen molar-refractivity contribution >= 4 is 10.0 Å². The smallest absolute Gasteiger partial charge is 0.246 e. The minimum Gasteiger partial charge on any atom is -0.383 e. The van der Waals surface area contributed by atoms with Crippen molar-refractivity contribution in [2.75, 3.05) is 20.8 Å². The van der Waals surface area contributed by atoms with Crippen LogP contribution in [0, 0.1) is 13.8 Å². The number of aromatic amines is 1. The fourth-order valence-electron chi connectivity index (χ4n) is 1.65. The van der Waals surface area contributed by atoms with Gasteiger partial charge in [-0.05, 0) is 20.8 Å². The van der Waals surface area contributed by atoms with E-state index in [-0.39, 0.29) is 10.9 Å². The minimum absolute atomic E-state index is 0.223. The zero-order chi connectivity index (χ0) is 13.2. The van der Waals surface area contributed by atoms with E-state index >= 15 is 0 Å². The normalized spacial score (nSPS) is 14.2. The predicted octanol–water partition coefficient (Wildman–Crippen LogP) is 0.682. The zero-order valence-electron chi connectivity index (χ0n) is 10.8. The molecule has 6 nitrogen and oxygen atoms in total. The van der Waals surface area contributed by atoms with Gasteiger partial charge in [-0.15, -0.1) is 0 Å². The lowest BCUT2D eigenvalue weighted by molar-refractivity contribution is 0.149. The number of hydrogen-bond acceptors (Lipinski definition) is 4. The van der Waals surface area contributed by atoms with E-state index in [0.717, 1.165) is 0 Å². The number of methoxy groups -OCH3 is 1. The molecule has 0 saturated carbocycles. The molecule has 0 radical (unpaired) electrons. The van der Waals surface area contributed by atoms with Crippen molar-refractivity contribution in [1.82, 2.24) is 14.5 Å². The van der Waals surface area contributed by atoms with Crippen molar-refractivity contribution in [1.29, 1.82) is 0 Å². The van der Waals surface area contributed by atoms with E-state index in [9.17, 15) is 8.42 Å². The molecule has 0 aromatic carbocycles. The van der Waals surface area contributed by atoms with E-state index in [1.165, 1.54) is 4.31 Å². The number of sulfonamides is 1. The Kier molecular flexibility index (Phi) is 4.29. The van der Waals surface area contributed by atoms with Gasteiger partial charge in [0.2, 0.25) is 10.0 Å². The molecule has 1 atom stereocenters. The summed E-state index contributed by atoms with van der Waals surface area (Å²) >= 11 is 0. The van der Waals surface area contributed by atoms with Gasteiger partial charge >= 0.3 is 0 Å². The Morgan fingerprint density at radius 3 is 2.47 bits per heavy atom. The number of aryl methyl sites for hydroxylation is 2. The van der Waals surface area contributed by atoms with E-state index < -0.39 is 10.0 Å². The SMILES string of the molecule is COCC(C)N(C)S(=O)(=O)c1c(C)n[nH]c1C. The molecule has 0 fully saturated rings. The van der Waals surface area contributed by atoms with Gasteiger partial charge in [0, 0.05) is 20.2 Å². The third-order valence-electron chi connectivity index (χ3n) is 2.73. The maximum atomic E-state index is 12.4. The molecule has 1 N–H and O–H groups in total. The van der Waals surface area contributed by atoms with E-state index in [0.29, 0.717) is 18.0 Å². The minimum atomic E-state index is -3.52. The van der Waals surface area contributed by atoms with Crippen molar-refractivity contribution in [2.24, 2.45) is 0 Å². The van der Waals surface area contributed by atoms with Crippen LogP contribution in [0.2, 0.25) is 0 Å². The summed E-state index contributed by atoms with van der Waals surface area (Å²) in [6.45, 7) is 5.52. The Labute approximate surface area is 102 Å². The Morgan fingerprint density at radius 1 is 1.47 bits per heavy atom. The molecule has 0 bridgehead atoms.